The number of aliphatic carboxylic acids is 1. The summed E-state index contributed by atoms with van der Waals surface area (Å²) in [5, 5.41) is 9.63. The van der Waals surface area contributed by atoms with Crippen LogP contribution in [0.3, 0.4) is 0 Å². The Morgan fingerprint density at radius 1 is 0.508 bits per heavy atom. The third-order valence-corrected chi connectivity index (χ3v) is 8.44. The minimum absolute atomic E-state index is 0.0511. The van der Waals surface area contributed by atoms with Crippen molar-refractivity contribution in [1.29, 1.82) is 0 Å². The van der Waals surface area contributed by atoms with Gasteiger partial charge in [-0.3, -0.25) is 9.59 Å². The van der Waals surface area contributed by atoms with Gasteiger partial charge in [0, 0.05) is 6.42 Å². The van der Waals surface area contributed by atoms with Crippen molar-refractivity contribution in [2.75, 3.05) is 47.5 Å². The smallest absolute Gasteiger partial charge is 0.361 e. The number of hydrogen-bond acceptors (Lipinski definition) is 7. The van der Waals surface area contributed by atoms with E-state index in [9.17, 15) is 19.5 Å². The van der Waals surface area contributed by atoms with Crippen molar-refractivity contribution in [3.8, 4) is 0 Å². The number of ether oxygens (including phenoxy) is 4. The molecule has 0 radical (unpaired) electrons. The minimum Gasteiger partial charge on any atom is -0.477 e. The maximum atomic E-state index is 12.8. The summed E-state index contributed by atoms with van der Waals surface area (Å²) < 4.78 is 22.5. The molecule has 0 aromatic heterocycles. The summed E-state index contributed by atoms with van der Waals surface area (Å²) in [5.41, 5.74) is 0. The predicted octanol–water partition coefficient (Wildman–Crippen LogP) is 12.0. The first kappa shape index (κ1) is 56.4. The molecule has 61 heavy (non-hydrogen) atoms. The van der Waals surface area contributed by atoms with Crippen LogP contribution in [0, 0.1) is 0 Å². The Kier molecular flexibility index (Phi) is 39.0. The summed E-state index contributed by atoms with van der Waals surface area (Å²) in [5.74, 6) is -2.26. The van der Waals surface area contributed by atoms with Crippen molar-refractivity contribution in [2.24, 2.45) is 0 Å². The topological polar surface area (TPSA) is 108 Å². The SMILES string of the molecule is CC/C=C\C/C=C\C/C=C\C/C=C\C/C=C\C/C=C\CCCCC(=O)OC(COC(=O)C/C=C\C/C=C\C/C=C\C/C=C\C/C=C\CC)COC(OCC[N+](C)(C)C)C(=O)O. The van der Waals surface area contributed by atoms with Crippen molar-refractivity contribution in [3.63, 3.8) is 0 Å². The van der Waals surface area contributed by atoms with Gasteiger partial charge in [-0.15, -0.1) is 0 Å². The first-order chi connectivity index (χ1) is 29.6. The lowest BCUT2D eigenvalue weighted by atomic mass is 10.2. The minimum atomic E-state index is -1.55. The Morgan fingerprint density at radius 2 is 0.918 bits per heavy atom. The molecule has 1 N–H and O–H groups in total. The number of esters is 2. The molecule has 0 saturated carbocycles. The van der Waals surface area contributed by atoms with Crippen LogP contribution < -0.4 is 0 Å². The zero-order chi connectivity index (χ0) is 44.9. The maximum Gasteiger partial charge on any atom is 0.361 e. The molecule has 0 aromatic rings. The molecule has 0 aliphatic rings. The third-order valence-electron chi connectivity index (χ3n) is 8.44. The maximum absolute atomic E-state index is 12.8. The number of carbonyl (C=O) groups is 3. The van der Waals surface area contributed by atoms with E-state index in [1.807, 2.05) is 33.3 Å². The molecule has 0 heterocycles. The Morgan fingerprint density at radius 3 is 1.33 bits per heavy atom. The molecule has 0 aromatic carbocycles. The summed E-state index contributed by atoms with van der Waals surface area (Å²) in [4.78, 5) is 37.0. The van der Waals surface area contributed by atoms with Gasteiger partial charge < -0.3 is 28.5 Å². The predicted molar refractivity (Wildman–Crippen MR) is 253 cm³/mol. The third kappa shape index (κ3) is 43.3. The van der Waals surface area contributed by atoms with E-state index in [0.29, 0.717) is 23.9 Å². The molecule has 0 saturated heterocycles. The first-order valence-corrected chi connectivity index (χ1v) is 22.3. The fraction of sp³-hybridized carbons (Fsp3) is 0.519. The Labute approximate surface area is 369 Å². The number of unbranched alkanes of at least 4 members (excludes halogenated alkanes) is 2. The lowest BCUT2D eigenvalue weighted by Gasteiger charge is -2.25. The second-order valence-corrected chi connectivity index (χ2v) is 15.3. The van der Waals surface area contributed by atoms with E-state index in [1.54, 1.807) is 6.08 Å². The van der Waals surface area contributed by atoms with Gasteiger partial charge >= 0.3 is 17.9 Å². The van der Waals surface area contributed by atoms with Gasteiger partial charge in [-0.05, 0) is 89.9 Å². The summed E-state index contributed by atoms with van der Waals surface area (Å²) in [7, 11) is 5.90. The van der Waals surface area contributed by atoms with Gasteiger partial charge in [-0.1, -0.05) is 148 Å². The number of rotatable bonds is 38. The number of carboxylic acid groups (broad SMARTS) is 1. The Balaban J connectivity index is 4.68. The number of carboxylic acids is 1. The standard InChI is InChI=1S/C52H79NO8/c1-6-8-10-12-14-16-18-20-22-23-24-25-26-27-29-31-33-35-37-39-41-43-50(55)61-48(47-60-52(51(56)57)58-45-44-53(3,4)5)46-59-49(54)42-40-38-36-34-32-30-28-21-19-17-15-13-11-9-7-2/h8-11,14-17,20-22,24-25,27-29,32-35,38,40,48,52H,6-7,12-13,18-19,23,26,30-31,36-37,39,41-47H2,1-5H3/p+1/b10-8-,11-9-,16-14-,17-15-,22-20-,25-24-,28-21-,29-27-,34-32-,35-33-,40-38-. The molecule has 2 atom stereocenters. The van der Waals surface area contributed by atoms with Gasteiger partial charge in [0.1, 0.15) is 13.2 Å². The lowest BCUT2D eigenvalue weighted by molar-refractivity contribution is -0.870. The average Bonchev–Trinajstić information content (AvgIpc) is 3.22. The van der Waals surface area contributed by atoms with E-state index in [4.69, 9.17) is 18.9 Å². The van der Waals surface area contributed by atoms with E-state index in [1.165, 1.54) is 0 Å². The highest BCUT2D eigenvalue weighted by atomic mass is 16.7. The van der Waals surface area contributed by atoms with Crippen LogP contribution in [0.25, 0.3) is 0 Å². The summed E-state index contributed by atoms with van der Waals surface area (Å²) >= 11 is 0. The number of nitrogens with zero attached hydrogens (tertiary/aromatic N) is 1. The van der Waals surface area contributed by atoms with Gasteiger partial charge in [-0.25, -0.2) is 4.79 Å². The number of likely N-dealkylation sites (N-methyl/N-ethyl adjacent to an activating group) is 1. The van der Waals surface area contributed by atoms with Crippen LogP contribution in [-0.2, 0) is 33.3 Å². The number of allylic oxidation sites excluding steroid dienone is 21. The molecular weight excluding hydrogens is 767 g/mol. The number of hydrogen-bond donors (Lipinski definition) is 1. The Hall–Kier alpha value is -4.57. The summed E-state index contributed by atoms with van der Waals surface area (Å²) in [6.07, 6.45) is 56.9. The summed E-state index contributed by atoms with van der Waals surface area (Å²) in [6, 6.07) is 0. The van der Waals surface area contributed by atoms with Crippen LogP contribution in [0.5, 0.6) is 0 Å². The van der Waals surface area contributed by atoms with Gasteiger partial charge in [0.25, 0.3) is 6.29 Å². The van der Waals surface area contributed by atoms with Crippen LogP contribution in [-0.4, -0.2) is 87.4 Å². The Bertz CT molecular complexity index is 1450. The van der Waals surface area contributed by atoms with Crippen molar-refractivity contribution in [2.45, 2.75) is 129 Å². The fourth-order valence-corrected chi connectivity index (χ4v) is 5.03. The molecule has 9 nitrogen and oxygen atoms in total. The van der Waals surface area contributed by atoms with Gasteiger partial charge in [0.05, 0.1) is 40.8 Å². The molecule has 0 spiro atoms. The molecular formula is C52H80NO8+. The number of quaternary nitrogens is 1. The van der Waals surface area contributed by atoms with Crippen LogP contribution in [0.1, 0.15) is 117 Å². The van der Waals surface area contributed by atoms with Crippen LogP contribution >= 0.6 is 0 Å². The zero-order valence-corrected chi connectivity index (χ0v) is 38.3. The van der Waals surface area contributed by atoms with E-state index in [2.05, 4.69) is 129 Å². The van der Waals surface area contributed by atoms with Crippen LogP contribution in [0.2, 0.25) is 0 Å². The second-order valence-electron chi connectivity index (χ2n) is 15.3. The highest BCUT2D eigenvalue weighted by Crippen LogP contribution is 2.09. The monoisotopic (exact) mass is 847 g/mol. The first-order valence-electron chi connectivity index (χ1n) is 22.3. The van der Waals surface area contributed by atoms with Crippen molar-refractivity contribution in [3.05, 3.63) is 134 Å². The summed E-state index contributed by atoms with van der Waals surface area (Å²) in [6.45, 7) is 4.42. The highest BCUT2D eigenvalue weighted by Gasteiger charge is 2.25. The van der Waals surface area contributed by atoms with E-state index < -0.39 is 30.3 Å². The van der Waals surface area contributed by atoms with Crippen molar-refractivity contribution >= 4 is 17.9 Å². The molecule has 9 heteroatoms. The second kappa shape index (κ2) is 42.1. The van der Waals surface area contributed by atoms with Crippen molar-refractivity contribution in [1.82, 2.24) is 0 Å². The van der Waals surface area contributed by atoms with Gasteiger partial charge in [0.15, 0.2) is 6.10 Å². The van der Waals surface area contributed by atoms with Crippen LogP contribution in [0.15, 0.2) is 134 Å². The normalized spacial score (nSPS) is 14.2. The number of carbonyl (C=O) groups excluding carboxylic acids is 2. The molecule has 0 fully saturated rings. The highest BCUT2D eigenvalue weighted by molar-refractivity contribution is 5.72. The van der Waals surface area contributed by atoms with E-state index in [0.717, 1.165) is 77.0 Å². The molecule has 340 valence electrons. The molecule has 0 rings (SSSR count). The quantitative estimate of drug-likeness (QED) is 0.0215. The van der Waals surface area contributed by atoms with Gasteiger partial charge in [0.2, 0.25) is 0 Å². The fourth-order valence-electron chi connectivity index (χ4n) is 5.03. The van der Waals surface area contributed by atoms with Crippen molar-refractivity contribution < 1.29 is 42.9 Å². The zero-order valence-electron chi connectivity index (χ0n) is 38.3. The average molecular weight is 847 g/mol. The molecule has 2 unspecified atom stereocenters. The van der Waals surface area contributed by atoms with E-state index in [-0.39, 0.29) is 32.7 Å². The molecule has 0 aliphatic carbocycles. The van der Waals surface area contributed by atoms with Gasteiger partial charge in [-0.2, -0.15) is 0 Å². The molecule has 0 amide bonds. The lowest BCUT2D eigenvalue weighted by Crippen LogP contribution is -2.40. The molecule has 0 bridgehead atoms. The van der Waals surface area contributed by atoms with E-state index >= 15 is 0 Å². The molecule has 0 aliphatic heterocycles. The van der Waals surface area contributed by atoms with Crippen LogP contribution in [0.4, 0.5) is 0 Å². The largest absolute Gasteiger partial charge is 0.477 e.